The Morgan fingerprint density at radius 2 is 0.563 bits per heavy atom. The standard InChI is InChI=1S/C65H114O6/c1-4-7-10-13-16-19-22-25-28-31-32-35-37-40-43-46-49-52-55-58-64(67)70-61-62(71-65(68)59-56-53-50-47-44-41-38-34-30-27-24-21-18-15-12-9-6-3)60-69-63(66)57-54-51-48-45-42-39-36-33-29-26-23-20-17-14-11-8-5-2/h9,12,18,21,25,27-28,30,38,41,47,50,62H,4-8,10-11,13-17,19-20,22-24,26,29,31-37,39-40,42-46,48-49,51-61H2,1-3H3/b12-9-,21-18-,28-25-,30-27-,41-38-,50-47-/t62-/m1/s1. The van der Waals surface area contributed by atoms with Crippen LogP contribution in [0, 0.1) is 0 Å². The Kier molecular flexibility index (Phi) is 56.8. The van der Waals surface area contributed by atoms with Crippen molar-refractivity contribution in [3.05, 3.63) is 72.9 Å². The third-order valence-electron chi connectivity index (χ3n) is 13.2. The zero-order chi connectivity index (χ0) is 51.4. The molecule has 0 aliphatic heterocycles. The summed E-state index contributed by atoms with van der Waals surface area (Å²) in [5, 5.41) is 0. The van der Waals surface area contributed by atoms with E-state index in [2.05, 4.69) is 93.7 Å². The van der Waals surface area contributed by atoms with E-state index >= 15 is 0 Å². The third kappa shape index (κ3) is 57.6. The molecule has 71 heavy (non-hydrogen) atoms. The summed E-state index contributed by atoms with van der Waals surface area (Å²) in [6.07, 6.45) is 76.2. The molecule has 0 bridgehead atoms. The molecule has 6 nitrogen and oxygen atoms in total. The van der Waals surface area contributed by atoms with Gasteiger partial charge in [0.25, 0.3) is 0 Å². The number of hydrogen-bond acceptors (Lipinski definition) is 6. The van der Waals surface area contributed by atoms with Crippen LogP contribution in [0.25, 0.3) is 0 Å². The Morgan fingerprint density at radius 3 is 0.915 bits per heavy atom. The van der Waals surface area contributed by atoms with Crippen molar-refractivity contribution >= 4 is 17.9 Å². The van der Waals surface area contributed by atoms with Crippen LogP contribution in [0.1, 0.15) is 303 Å². The fraction of sp³-hybridized carbons (Fsp3) is 0.769. The summed E-state index contributed by atoms with van der Waals surface area (Å²) in [7, 11) is 0. The maximum Gasteiger partial charge on any atom is 0.306 e. The molecular formula is C65H114O6. The lowest BCUT2D eigenvalue weighted by Gasteiger charge is -2.18. The number of ether oxygens (including phenoxy) is 3. The lowest BCUT2D eigenvalue weighted by molar-refractivity contribution is -0.167. The van der Waals surface area contributed by atoms with Gasteiger partial charge in [0.1, 0.15) is 13.2 Å². The molecule has 0 aliphatic carbocycles. The fourth-order valence-electron chi connectivity index (χ4n) is 8.65. The number of esters is 3. The van der Waals surface area contributed by atoms with Crippen molar-refractivity contribution in [1.29, 1.82) is 0 Å². The van der Waals surface area contributed by atoms with Crippen LogP contribution in [0.3, 0.4) is 0 Å². The van der Waals surface area contributed by atoms with Gasteiger partial charge in [-0.15, -0.1) is 0 Å². The minimum Gasteiger partial charge on any atom is -0.462 e. The predicted molar refractivity (Wildman–Crippen MR) is 307 cm³/mol. The minimum atomic E-state index is -0.805. The lowest BCUT2D eigenvalue weighted by Crippen LogP contribution is -2.30. The van der Waals surface area contributed by atoms with Crippen LogP contribution in [-0.2, 0) is 28.6 Å². The van der Waals surface area contributed by atoms with E-state index in [-0.39, 0.29) is 37.5 Å². The third-order valence-corrected chi connectivity index (χ3v) is 13.2. The van der Waals surface area contributed by atoms with Crippen LogP contribution in [0.15, 0.2) is 72.9 Å². The number of hydrogen-bond donors (Lipinski definition) is 0. The first-order chi connectivity index (χ1) is 35.0. The van der Waals surface area contributed by atoms with E-state index in [1.165, 1.54) is 180 Å². The molecule has 0 aromatic carbocycles. The van der Waals surface area contributed by atoms with E-state index in [0.717, 1.165) is 77.0 Å². The average Bonchev–Trinajstić information content (AvgIpc) is 3.37. The normalized spacial score (nSPS) is 12.5. The highest BCUT2D eigenvalue weighted by Gasteiger charge is 2.19. The highest BCUT2D eigenvalue weighted by atomic mass is 16.6. The van der Waals surface area contributed by atoms with Crippen molar-refractivity contribution < 1.29 is 28.6 Å². The molecule has 0 unspecified atom stereocenters. The summed E-state index contributed by atoms with van der Waals surface area (Å²) in [6, 6.07) is 0. The molecule has 0 spiro atoms. The smallest absolute Gasteiger partial charge is 0.306 e. The molecule has 1 atom stereocenters. The van der Waals surface area contributed by atoms with Crippen LogP contribution in [-0.4, -0.2) is 37.2 Å². The highest BCUT2D eigenvalue weighted by molar-refractivity contribution is 5.71. The molecule has 0 heterocycles. The van der Waals surface area contributed by atoms with E-state index in [1.54, 1.807) is 0 Å². The van der Waals surface area contributed by atoms with Gasteiger partial charge >= 0.3 is 17.9 Å². The van der Waals surface area contributed by atoms with Gasteiger partial charge in [0.2, 0.25) is 0 Å². The maximum atomic E-state index is 12.9. The summed E-state index contributed by atoms with van der Waals surface area (Å²) in [5.41, 5.74) is 0. The Hall–Kier alpha value is -3.15. The van der Waals surface area contributed by atoms with E-state index < -0.39 is 6.10 Å². The van der Waals surface area contributed by atoms with Crippen molar-refractivity contribution in [3.8, 4) is 0 Å². The monoisotopic (exact) mass is 991 g/mol. The summed E-state index contributed by atoms with van der Waals surface area (Å²) in [6.45, 7) is 6.51. The average molecular weight is 992 g/mol. The van der Waals surface area contributed by atoms with Crippen molar-refractivity contribution in [2.75, 3.05) is 13.2 Å². The number of unbranched alkanes of at least 4 members (excludes halogenated alkanes) is 32. The molecule has 0 aliphatic rings. The molecule has 0 rings (SSSR count). The molecule has 6 heteroatoms. The van der Waals surface area contributed by atoms with Gasteiger partial charge in [-0.05, 0) is 83.5 Å². The molecule has 0 radical (unpaired) electrons. The molecule has 0 amide bonds. The first-order valence-corrected chi connectivity index (χ1v) is 30.4. The van der Waals surface area contributed by atoms with Crippen LogP contribution in [0.4, 0.5) is 0 Å². The first kappa shape index (κ1) is 67.8. The van der Waals surface area contributed by atoms with Crippen molar-refractivity contribution in [1.82, 2.24) is 0 Å². The largest absolute Gasteiger partial charge is 0.462 e. The zero-order valence-corrected chi connectivity index (χ0v) is 47.0. The van der Waals surface area contributed by atoms with E-state index in [0.29, 0.717) is 19.3 Å². The molecule has 0 aromatic rings. The maximum absolute atomic E-state index is 12.9. The topological polar surface area (TPSA) is 78.9 Å². The van der Waals surface area contributed by atoms with E-state index in [9.17, 15) is 14.4 Å². The number of carbonyl (C=O) groups excluding carboxylic acids is 3. The second-order valence-corrected chi connectivity index (χ2v) is 20.2. The Labute approximate surface area is 440 Å². The zero-order valence-electron chi connectivity index (χ0n) is 47.0. The van der Waals surface area contributed by atoms with Crippen LogP contribution >= 0.6 is 0 Å². The van der Waals surface area contributed by atoms with Gasteiger partial charge < -0.3 is 14.2 Å². The molecular weight excluding hydrogens is 877 g/mol. The minimum absolute atomic E-state index is 0.0957. The fourth-order valence-corrected chi connectivity index (χ4v) is 8.65. The molecule has 0 fully saturated rings. The van der Waals surface area contributed by atoms with Gasteiger partial charge in [-0.2, -0.15) is 0 Å². The molecule has 410 valence electrons. The molecule has 0 N–H and O–H groups in total. The van der Waals surface area contributed by atoms with Crippen LogP contribution in [0.5, 0.6) is 0 Å². The number of rotatable bonds is 55. The Morgan fingerprint density at radius 1 is 0.296 bits per heavy atom. The second kappa shape index (κ2) is 59.4. The first-order valence-electron chi connectivity index (χ1n) is 30.4. The van der Waals surface area contributed by atoms with E-state index in [1.807, 2.05) is 0 Å². The Balaban J connectivity index is 4.43. The predicted octanol–water partition coefficient (Wildman–Crippen LogP) is 20.5. The quantitative estimate of drug-likeness (QED) is 0.0261. The molecule has 0 saturated carbocycles. The van der Waals surface area contributed by atoms with Crippen molar-refractivity contribution in [2.24, 2.45) is 0 Å². The summed E-state index contributed by atoms with van der Waals surface area (Å²) >= 11 is 0. The van der Waals surface area contributed by atoms with Gasteiger partial charge in [0.05, 0.1) is 0 Å². The van der Waals surface area contributed by atoms with Gasteiger partial charge in [0, 0.05) is 19.3 Å². The Bertz CT molecular complexity index is 1320. The summed E-state index contributed by atoms with van der Waals surface area (Å²) in [4.78, 5) is 38.2. The molecule has 0 saturated heterocycles. The number of allylic oxidation sites excluding steroid dienone is 12. The van der Waals surface area contributed by atoms with Gasteiger partial charge in [-0.3, -0.25) is 14.4 Å². The van der Waals surface area contributed by atoms with Crippen molar-refractivity contribution in [2.45, 2.75) is 309 Å². The summed E-state index contributed by atoms with van der Waals surface area (Å²) in [5.74, 6) is -0.943. The lowest BCUT2D eigenvalue weighted by atomic mass is 10.0. The van der Waals surface area contributed by atoms with Gasteiger partial charge in [0.15, 0.2) is 6.10 Å². The van der Waals surface area contributed by atoms with E-state index in [4.69, 9.17) is 14.2 Å². The SMILES string of the molecule is CC/C=C\C/C=C\C/C=C\C/C=C\C/C=C\CCCC(=O)O[C@@H](COC(=O)CCCCCCCCCCC/C=C\CCCCCCCC)COC(=O)CCCCCCCCCCCCCCCCCCC. The van der Waals surface area contributed by atoms with Gasteiger partial charge in [-0.25, -0.2) is 0 Å². The molecule has 0 aromatic heterocycles. The summed E-state index contributed by atoms with van der Waals surface area (Å²) < 4.78 is 16.9. The number of carbonyl (C=O) groups is 3. The second-order valence-electron chi connectivity index (χ2n) is 20.2. The van der Waals surface area contributed by atoms with Crippen LogP contribution in [0.2, 0.25) is 0 Å². The van der Waals surface area contributed by atoms with Crippen molar-refractivity contribution in [3.63, 3.8) is 0 Å². The highest BCUT2D eigenvalue weighted by Crippen LogP contribution is 2.16. The van der Waals surface area contributed by atoms with Crippen LogP contribution < -0.4 is 0 Å². The van der Waals surface area contributed by atoms with Gasteiger partial charge in [-0.1, -0.05) is 273 Å².